The molecule has 35 heavy (non-hydrogen) atoms. The van der Waals surface area contributed by atoms with Crippen molar-refractivity contribution >= 4 is 11.8 Å². The maximum atomic E-state index is 13.8. The van der Waals surface area contributed by atoms with Crippen molar-refractivity contribution in [3.05, 3.63) is 58.7 Å². The highest BCUT2D eigenvalue weighted by atomic mass is 16.5. The largest absolute Gasteiger partial charge is 0.493 e. The maximum absolute atomic E-state index is 13.8. The fraction of sp³-hybridized carbons (Fsp3) is 0.500. The summed E-state index contributed by atoms with van der Waals surface area (Å²) in [4.78, 5) is 31.5. The minimum absolute atomic E-state index is 0.0212. The van der Waals surface area contributed by atoms with Crippen LogP contribution < -0.4 is 14.8 Å². The summed E-state index contributed by atoms with van der Waals surface area (Å²) in [5.74, 6) is 0.707. The lowest BCUT2D eigenvalue weighted by atomic mass is 9.75. The molecule has 0 bridgehead atoms. The van der Waals surface area contributed by atoms with Gasteiger partial charge < -0.3 is 24.6 Å². The Hall–Kier alpha value is -3.06. The molecule has 0 saturated carbocycles. The first-order valence-corrected chi connectivity index (χ1v) is 12.7. The van der Waals surface area contributed by atoms with Gasteiger partial charge in [0.15, 0.2) is 11.5 Å². The van der Waals surface area contributed by atoms with Gasteiger partial charge in [-0.2, -0.15) is 0 Å². The Morgan fingerprint density at radius 2 is 1.71 bits per heavy atom. The summed E-state index contributed by atoms with van der Waals surface area (Å²) >= 11 is 0. The quantitative estimate of drug-likeness (QED) is 0.562. The van der Waals surface area contributed by atoms with Crippen LogP contribution in [0.1, 0.15) is 65.7 Å². The molecule has 0 radical (unpaired) electrons. The lowest BCUT2D eigenvalue weighted by Gasteiger charge is -2.45. The molecule has 2 heterocycles. The van der Waals surface area contributed by atoms with E-state index in [1.807, 2.05) is 41.3 Å². The van der Waals surface area contributed by atoms with Gasteiger partial charge in [-0.3, -0.25) is 9.59 Å². The molecule has 2 amide bonds. The van der Waals surface area contributed by atoms with Gasteiger partial charge in [-0.15, -0.1) is 0 Å². The Morgan fingerprint density at radius 3 is 2.40 bits per heavy atom. The molecule has 0 fully saturated rings. The zero-order valence-corrected chi connectivity index (χ0v) is 21.3. The van der Waals surface area contributed by atoms with Crippen LogP contribution >= 0.6 is 0 Å². The van der Waals surface area contributed by atoms with Crippen LogP contribution in [0.25, 0.3) is 0 Å². The van der Waals surface area contributed by atoms with Crippen molar-refractivity contribution in [2.45, 2.75) is 45.1 Å². The van der Waals surface area contributed by atoms with Crippen molar-refractivity contribution < 1.29 is 19.1 Å². The van der Waals surface area contributed by atoms with Gasteiger partial charge in [-0.25, -0.2) is 0 Å². The molecule has 2 aliphatic heterocycles. The van der Waals surface area contributed by atoms with Crippen molar-refractivity contribution in [1.82, 2.24) is 15.1 Å². The van der Waals surface area contributed by atoms with Crippen LogP contribution in [0.5, 0.6) is 11.5 Å². The Balaban J connectivity index is 1.69. The third-order valence-electron chi connectivity index (χ3n) is 7.11. The number of benzene rings is 2. The second-order valence-corrected chi connectivity index (χ2v) is 9.30. The minimum Gasteiger partial charge on any atom is -0.493 e. The van der Waals surface area contributed by atoms with Crippen molar-refractivity contribution in [1.29, 1.82) is 0 Å². The van der Waals surface area contributed by atoms with Crippen LogP contribution in [0.3, 0.4) is 0 Å². The zero-order valence-electron chi connectivity index (χ0n) is 21.3. The molecule has 2 aliphatic rings. The van der Waals surface area contributed by atoms with E-state index in [0.29, 0.717) is 36.6 Å². The highest BCUT2D eigenvalue weighted by molar-refractivity contribution is 6.01. The van der Waals surface area contributed by atoms with Gasteiger partial charge in [0, 0.05) is 25.2 Å². The van der Waals surface area contributed by atoms with Crippen molar-refractivity contribution in [3.8, 4) is 11.5 Å². The second kappa shape index (κ2) is 11.1. The van der Waals surface area contributed by atoms with E-state index in [1.165, 1.54) is 0 Å². The van der Waals surface area contributed by atoms with Gasteiger partial charge in [0.2, 0.25) is 5.91 Å². The molecule has 2 aromatic carbocycles. The number of nitrogens with zero attached hydrogens (tertiary/aromatic N) is 2. The molecule has 4 rings (SSSR count). The number of fused-ring (bicyclic) bond motifs is 4. The highest BCUT2D eigenvalue weighted by Crippen LogP contribution is 2.48. The van der Waals surface area contributed by atoms with Gasteiger partial charge in [0.05, 0.1) is 26.2 Å². The van der Waals surface area contributed by atoms with Gasteiger partial charge in [-0.05, 0) is 67.2 Å². The molecular formula is C28H37N3O4. The Labute approximate surface area is 208 Å². The van der Waals surface area contributed by atoms with Crippen LogP contribution in [0.15, 0.2) is 36.4 Å². The van der Waals surface area contributed by atoms with E-state index in [-0.39, 0.29) is 17.9 Å². The van der Waals surface area contributed by atoms with Crippen LogP contribution in [0.2, 0.25) is 0 Å². The molecule has 0 saturated heterocycles. The van der Waals surface area contributed by atoms with Crippen LogP contribution in [-0.4, -0.2) is 68.6 Å². The fourth-order valence-electron chi connectivity index (χ4n) is 5.55. The Kier molecular flexibility index (Phi) is 7.96. The molecule has 2 aromatic rings. The molecule has 0 unspecified atom stereocenters. The average Bonchev–Trinajstić information content (AvgIpc) is 2.88. The smallest absolute Gasteiger partial charge is 0.254 e. The van der Waals surface area contributed by atoms with E-state index in [0.717, 1.165) is 49.2 Å². The number of amides is 2. The van der Waals surface area contributed by atoms with Gasteiger partial charge in [-0.1, -0.05) is 32.0 Å². The van der Waals surface area contributed by atoms with Crippen LogP contribution in [-0.2, 0) is 11.2 Å². The van der Waals surface area contributed by atoms with Crippen molar-refractivity contribution in [3.63, 3.8) is 0 Å². The zero-order chi connectivity index (χ0) is 24.9. The van der Waals surface area contributed by atoms with Gasteiger partial charge >= 0.3 is 0 Å². The molecule has 1 N–H and O–H groups in total. The minimum atomic E-state index is -0.494. The van der Waals surface area contributed by atoms with E-state index in [4.69, 9.17) is 9.47 Å². The monoisotopic (exact) mass is 479 g/mol. The lowest BCUT2D eigenvalue weighted by molar-refractivity contribution is -0.124. The van der Waals surface area contributed by atoms with Crippen molar-refractivity contribution in [2.24, 2.45) is 0 Å². The van der Waals surface area contributed by atoms with Gasteiger partial charge in [0.1, 0.15) is 0 Å². The first-order valence-electron chi connectivity index (χ1n) is 12.7. The lowest BCUT2D eigenvalue weighted by Crippen LogP contribution is -2.50. The summed E-state index contributed by atoms with van der Waals surface area (Å²) in [5, 5.41) is 3.20. The number of hydrogen-bond acceptors (Lipinski definition) is 5. The number of rotatable bonds is 10. The van der Waals surface area contributed by atoms with Crippen LogP contribution in [0.4, 0.5) is 0 Å². The number of carbonyl (C=O) groups is 2. The summed E-state index contributed by atoms with van der Waals surface area (Å²) < 4.78 is 11.1. The Bertz CT molecular complexity index is 1060. The van der Waals surface area contributed by atoms with E-state index in [2.05, 4.69) is 24.1 Å². The first kappa shape index (κ1) is 25.0. The third kappa shape index (κ3) is 4.87. The second-order valence-electron chi connectivity index (χ2n) is 9.30. The third-order valence-corrected chi connectivity index (χ3v) is 7.11. The molecular weight excluding hydrogens is 442 g/mol. The summed E-state index contributed by atoms with van der Waals surface area (Å²) in [5.41, 5.74) is 3.45. The number of hydrogen-bond donors (Lipinski definition) is 1. The molecule has 7 nitrogen and oxygen atoms in total. The van der Waals surface area contributed by atoms with E-state index in [9.17, 15) is 9.59 Å². The number of ether oxygens (including phenoxy) is 2. The SMILES string of the molecule is CCCN(CCC)CCNC(=O)[C@@H]1c2ccccc2C(=O)N2CCc3cc(OC)c(OC)cc3[C@@H]12. The number of methoxy groups -OCH3 is 2. The van der Waals surface area contributed by atoms with E-state index < -0.39 is 5.92 Å². The molecule has 7 heteroatoms. The average molecular weight is 480 g/mol. The van der Waals surface area contributed by atoms with E-state index >= 15 is 0 Å². The summed E-state index contributed by atoms with van der Waals surface area (Å²) in [7, 11) is 3.23. The van der Waals surface area contributed by atoms with Crippen LogP contribution in [0, 0.1) is 0 Å². The summed E-state index contributed by atoms with van der Waals surface area (Å²) in [6.07, 6.45) is 2.88. The predicted octanol–water partition coefficient (Wildman–Crippen LogP) is 3.78. The normalized spacial score (nSPS) is 18.5. The Morgan fingerprint density at radius 1 is 1.03 bits per heavy atom. The maximum Gasteiger partial charge on any atom is 0.254 e. The number of carbonyl (C=O) groups excluding carboxylic acids is 2. The van der Waals surface area contributed by atoms with Crippen molar-refractivity contribution in [2.75, 3.05) is 46.9 Å². The van der Waals surface area contributed by atoms with Gasteiger partial charge in [0.25, 0.3) is 5.91 Å². The molecule has 2 atom stereocenters. The predicted molar refractivity (Wildman–Crippen MR) is 136 cm³/mol. The van der Waals surface area contributed by atoms with E-state index in [1.54, 1.807) is 14.2 Å². The molecule has 0 aromatic heterocycles. The highest BCUT2D eigenvalue weighted by Gasteiger charge is 2.46. The standard InChI is InChI=1S/C28H37N3O4/c1-5-13-30(14-6-2)16-12-29-27(32)25-20-9-7-8-10-21(20)28(33)31-15-11-19-17-23(34-3)24(35-4)18-22(19)26(25)31/h7-10,17-18,25-26H,5-6,11-16H2,1-4H3,(H,29,32)/t25-,26+/m1/s1. The fourth-order valence-corrected chi connectivity index (χ4v) is 5.55. The molecule has 0 spiro atoms. The molecule has 188 valence electrons. The number of nitrogens with one attached hydrogen (secondary N) is 1. The first-order chi connectivity index (χ1) is 17.0. The molecule has 0 aliphatic carbocycles. The summed E-state index contributed by atoms with van der Waals surface area (Å²) in [6.45, 7) is 8.36. The topological polar surface area (TPSA) is 71.1 Å². The summed E-state index contributed by atoms with van der Waals surface area (Å²) in [6, 6.07) is 11.1.